The number of hydrogen-bond donors (Lipinski definition) is 2. The fourth-order valence-electron chi connectivity index (χ4n) is 2.07. The van der Waals surface area contributed by atoms with Crippen LogP contribution in [0.1, 0.15) is 33.1 Å². The summed E-state index contributed by atoms with van der Waals surface area (Å²) in [6, 6.07) is 0. The highest BCUT2D eigenvalue weighted by Crippen LogP contribution is 2.30. The molecule has 1 N–H and O–H groups in total. The number of hydrogen-bond acceptors (Lipinski definition) is 4. The van der Waals surface area contributed by atoms with Gasteiger partial charge in [0, 0.05) is 16.6 Å². The SMILES string of the molecule is CC/C=C1\CCC(CSCCO)CO\C1=C(/C)S. The van der Waals surface area contributed by atoms with E-state index in [1.54, 1.807) is 0 Å². The molecule has 1 aliphatic heterocycles. The van der Waals surface area contributed by atoms with Gasteiger partial charge in [0.1, 0.15) is 5.76 Å². The van der Waals surface area contributed by atoms with Gasteiger partial charge in [0.25, 0.3) is 0 Å². The van der Waals surface area contributed by atoms with Crippen molar-refractivity contribution in [1.82, 2.24) is 0 Å². The van der Waals surface area contributed by atoms with E-state index in [0.717, 1.165) is 48.0 Å². The van der Waals surface area contributed by atoms with Crippen molar-refractivity contribution < 1.29 is 9.84 Å². The number of allylic oxidation sites excluding steroid dienone is 3. The lowest BCUT2D eigenvalue weighted by Gasteiger charge is -2.13. The Labute approximate surface area is 120 Å². The normalized spacial score (nSPS) is 25.8. The first-order valence-corrected chi connectivity index (χ1v) is 8.19. The van der Waals surface area contributed by atoms with Gasteiger partial charge < -0.3 is 9.84 Å². The van der Waals surface area contributed by atoms with Crippen molar-refractivity contribution in [2.45, 2.75) is 33.1 Å². The van der Waals surface area contributed by atoms with Crippen molar-refractivity contribution >= 4 is 24.4 Å². The van der Waals surface area contributed by atoms with Crippen molar-refractivity contribution in [1.29, 1.82) is 0 Å². The lowest BCUT2D eigenvalue weighted by molar-refractivity contribution is 0.189. The van der Waals surface area contributed by atoms with Gasteiger partial charge in [-0.1, -0.05) is 13.0 Å². The van der Waals surface area contributed by atoms with Crippen molar-refractivity contribution in [3.05, 3.63) is 22.3 Å². The Kier molecular flexibility index (Phi) is 7.95. The predicted octanol–water partition coefficient (Wildman–Crippen LogP) is 3.64. The van der Waals surface area contributed by atoms with Crippen molar-refractivity contribution in [3.8, 4) is 0 Å². The van der Waals surface area contributed by atoms with Gasteiger partial charge in [-0.15, -0.1) is 12.6 Å². The van der Waals surface area contributed by atoms with E-state index >= 15 is 0 Å². The summed E-state index contributed by atoms with van der Waals surface area (Å²) in [5, 5.41) is 8.80. The highest BCUT2D eigenvalue weighted by atomic mass is 32.2. The number of thioether (sulfide) groups is 1. The first-order valence-electron chi connectivity index (χ1n) is 6.59. The molecule has 1 aliphatic rings. The fraction of sp³-hybridized carbons (Fsp3) is 0.714. The molecule has 0 aromatic rings. The quantitative estimate of drug-likeness (QED) is 0.598. The standard InChI is InChI=1S/C14H24O2S2/c1-3-4-13-6-5-12(10-18-8-7-15)9-16-14(13)11(2)17/h4,12,15,17H,3,5-10H2,1-2H3/b13-4+,14-11+. The average Bonchev–Trinajstić information content (AvgIpc) is 2.53. The third-order valence-electron chi connectivity index (χ3n) is 2.95. The van der Waals surface area contributed by atoms with E-state index in [0.29, 0.717) is 5.92 Å². The zero-order valence-electron chi connectivity index (χ0n) is 11.3. The zero-order valence-corrected chi connectivity index (χ0v) is 13.0. The largest absolute Gasteiger partial charge is 0.492 e. The summed E-state index contributed by atoms with van der Waals surface area (Å²) < 4.78 is 5.93. The number of rotatable bonds is 5. The van der Waals surface area contributed by atoms with E-state index in [2.05, 4.69) is 25.6 Å². The summed E-state index contributed by atoms with van der Waals surface area (Å²) in [7, 11) is 0. The second-order valence-corrected chi connectivity index (χ2v) is 6.39. The molecule has 18 heavy (non-hydrogen) atoms. The zero-order chi connectivity index (χ0) is 13.4. The minimum absolute atomic E-state index is 0.264. The minimum atomic E-state index is 0.264. The Morgan fingerprint density at radius 1 is 1.61 bits per heavy atom. The van der Waals surface area contributed by atoms with Crippen LogP contribution < -0.4 is 0 Å². The molecule has 0 amide bonds. The lowest BCUT2D eigenvalue weighted by Crippen LogP contribution is -2.10. The second kappa shape index (κ2) is 8.94. The van der Waals surface area contributed by atoms with Crippen LogP contribution in [0.3, 0.4) is 0 Å². The molecule has 2 nitrogen and oxygen atoms in total. The molecule has 0 bridgehead atoms. The first-order chi connectivity index (χ1) is 8.69. The van der Waals surface area contributed by atoms with Gasteiger partial charge in [-0.25, -0.2) is 0 Å². The topological polar surface area (TPSA) is 29.5 Å². The Morgan fingerprint density at radius 3 is 3.00 bits per heavy atom. The Morgan fingerprint density at radius 2 is 2.39 bits per heavy atom. The first kappa shape index (κ1) is 16.0. The molecular formula is C14H24O2S2. The number of aliphatic hydroxyl groups is 1. The summed E-state index contributed by atoms with van der Waals surface area (Å²) in [4.78, 5) is 0.971. The summed E-state index contributed by atoms with van der Waals surface area (Å²) in [6.07, 6.45) is 5.52. The molecule has 104 valence electrons. The number of thiol groups is 1. The van der Waals surface area contributed by atoms with Gasteiger partial charge in [0.15, 0.2) is 0 Å². The van der Waals surface area contributed by atoms with Gasteiger partial charge >= 0.3 is 0 Å². The van der Waals surface area contributed by atoms with E-state index in [1.807, 2.05) is 18.7 Å². The summed E-state index contributed by atoms with van der Waals surface area (Å²) in [6.45, 7) is 5.17. The van der Waals surface area contributed by atoms with Crippen LogP contribution in [0.2, 0.25) is 0 Å². The van der Waals surface area contributed by atoms with Crippen LogP contribution in [-0.2, 0) is 4.74 Å². The molecule has 1 unspecified atom stereocenters. The molecule has 0 saturated carbocycles. The van der Waals surface area contributed by atoms with Gasteiger partial charge in [0.2, 0.25) is 0 Å². The molecule has 1 heterocycles. The summed E-state index contributed by atoms with van der Waals surface area (Å²) >= 11 is 6.24. The predicted molar refractivity (Wildman–Crippen MR) is 83.1 cm³/mol. The third-order valence-corrected chi connectivity index (χ3v) is 4.33. The van der Waals surface area contributed by atoms with E-state index < -0.39 is 0 Å². The number of ether oxygens (including phenoxy) is 1. The van der Waals surface area contributed by atoms with Crippen LogP contribution in [0.25, 0.3) is 0 Å². The summed E-state index contributed by atoms with van der Waals surface area (Å²) in [5.74, 6) is 3.45. The molecule has 1 saturated heterocycles. The highest BCUT2D eigenvalue weighted by molar-refractivity contribution is 7.99. The van der Waals surface area contributed by atoms with Gasteiger partial charge in [0.05, 0.1) is 13.2 Å². The van der Waals surface area contributed by atoms with Crippen LogP contribution >= 0.6 is 24.4 Å². The second-order valence-electron chi connectivity index (χ2n) is 4.57. The Hall–Kier alpha value is -0.0600. The average molecular weight is 288 g/mol. The lowest BCUT2D eigenvalue weighted by atomic mass is 10.0. The van der Waals surface area contributed by atoms with E-state index in [9.17, 15) is 0 Å². The molecule has 1 rings (SSSR count). The fourth-order valence-corrected chi connectivity index (χ4v) is 3.17. The maximum Gasteiger partial charge on any atom is 0.131 e. The molecule has 0 aliphatic carbocycles. The van der Waals surface area contributed by atoms with Crippen LogP contribution in [0.5, 0.6) is 0 Å². The Balaban J connectivity index is 2.61. The molecule has 0 aromatic heterocycles. The number of aliphatic hydroxyl groups excluding tert-OH is 1. The molecule has 1 fully saturated rings. The smallest absolute Gasteiger partial charge is 0.131 e. The van der Waals surface area contributed by atoms with Crippen LogP contribution in [0.15, 0.2) is 22.3 Å². The van der Waals surface area contributed by atoms with E-state index in [4.69, 9.17) is 9.84 Å². The maximum atomic E-state index is 8.80. The maximum absolute atomic E-state index is 8.80. The monoisotopic (exact) mass is 288 g/mol. The van der Waals surface area contributed by atoms with E-state index in [-0.39, 0.29) is 6.61 Å². The minimum Gasteiger partial charge on any atom is -0.492 e. The van der Waals surface area contributed by atoms with Gasteiger partial charge in [-0.3, -0.25) is 0 Å². The van der Waals surface area contributed by atoms with E-state index in [1.165, 1.54) is 5.57 Å². The van der Waals surface area contributed by atoms with Gasteiger partial charge in [-0.05, 0) is 37.5 Å². The van der Waals surface area contributed by atoms with Crippen molar-refractivity contribution in [3.63, 3.8) is 0 Å². The van der Waals surface area contributed by atoms with Crippen molar-refractivity contribution in [2.24, 2.45) is 5.92 Å². The van der Waals surface area contributed by atoms with Crippen LogP contribution in [0, 0.1) is 5.92 Å². The van der Waals surface area contributed by atoms with Crippen LogP contribution in [-0.4, -0.2) is 29.8 Å². The molecule has 0 spiro atoms. The molecule has 0 radical (unpaired) electrons. The molecule has 1 atom stereocenters. The van der Waals surface area contributed by atoms with Crippen molar-refractivity contribution in [2.75, 3.05) is 24.7 Å². The third kappa shape index (κ3) is 5.29. The molecular weight excluding hydrogens is 264 g/mol. The highest BCUT2D eigenvalue weighted by Gasteiger charge is 2.19. The van der Waals surface area contributed by atoms with Gasteiger partial charge in [-0.2, -0.15) is 11.8 Å². The van der Waals surface area contributed by atoms with Crippen LogP contribution in [0.4, 0.5) is 0 Å². The Bertz CT molecular complexity index is 307. The molecule has 4 heteroatoms. The summed E-state index contributed by atoms with van der Waals surface area (Å²) in [5.41, 5.74) is 1.31. The molecule has 0 aromatic carbocycles.